The van der Waals surface area contributed by atoms with E-state index in [-0.39, 0.29) is 4.88 Å². The number of carbonyl (C=O) groups is 2. The first-order valence-corrected chi connectivity index (χ1v) is 7.67. The summed E-state index contributed by atoms with van der Waals surface area (Å²) in [4.78, 5) is 23.6. The van der Waals surface area contributed by atoms with Gasteiger partial charge in [-0.05, 0) is 29.6 Å². The number of rotatable bonds is 3. The maximum atomic E-state index is 11.4. The summed E-state index contributed by atoms with van der Waals surface area (Å²) < 4.78 is 0.911. The fourth-order valence-electron chi connectivity index (χ4n) is 2.06. The van der Waals surface area contributed by atoms with Crippen molar-refractivity contribution in [3.05, 3.63) is 45.1 Å². The van der Waals surface area contributed by atoms with Gasteiger partial charge in [-0.3, -0.25) is 4.79 Å². The van der Waals surface area contributed by atoms with Gasteiger partial charge in [0.15, 0.2) is 6.29 Å². The molecule has 0 spiro atoms. The van der Waals surface area contributed by atoms with Gasteiger partial charge in [-0.15, -0.1) is 22.7 Å². The van der Waals surface area contributed by atoms with E-state index in [2.05, 4.69) is 0 Å². The molecular formula is C14H7ClO3S2. The number of fused-ring (bicyclic) bond motifs is 1. The van der Waals surface area contributed by atoms with Crippen molar-refractivity contribution < 1.29 is 14.7 Å². The first-order valence-electron chi connectivity index (χ1n) is 5.60. The predicted molar refractivity (Wildman–Crippen MR) is 82.5 cm³/mol. The smallest absolute Gasteiger partial charge is 0.346 e. The van der Waals surface area contributed by atoms with E-state index < -0.39 is 5.97 Å². The summed E-state index contributed by atoms with van der Waals surface area (Å²) in [5.74, 6) is -0.984. The maximum Gasteiger partial charge on any atom is 0.346 e. The van der Waals surface area contributed by atoms with Crippen molar-refractivity contribution in [2.45, 2.75) is 0 Å². The molecule has 0 saturated heterocycles. The molecular weight excluding hydrogens is 316 g/mol. The molecule has 2 aromatic heterocycles. The lowest BCUT2D eigenvalue weighted by Gasteiger charge is -1.98. The van der Waals surface area contributed by atoms with Crippen LogP contribution >= 0.6 is 34.3 Å². The zero-order chi connectivity index (χ0) is 14.3. The molecule has 1 N–H and O–H groups in total. The first kappa shape index (κ1) is 13.3. The van der Waals surface area contributed by atoms with Crippen LogP contribution in [0.4, 0.5) is 0 Å². The van der Waals surface area contributed by atoms with E-state index in [9.17, 15) is 14.7 Å². The fourth-order valence-corrected chi connectivity index (χ4v) is 4.22. The minimum Gasteiger partial charge on any atom is -0.477 e. The summed E-state index contributed by atoms with van der Waals surface area (Å²) >= 11 is 8.51. The molecule has 3 rings (SSSR count). The van der Waals surface area contributed by atoms with Crippen LogP contribution in [0.5, 0.6) is 0 Å². The lowest BCUT2D eigenvalue weighted by Crippen LogP contribution is -1.94. The van der Waals surface area contributed by atoms with Gasteiger partial charge in [-0.25, -0.2) is 4.79 Å². The van der Waals surface area contributed by atoms with Crippen molar-refractivity contribution in [1.29, 1.82) is 0 Å². The fraction of sp³-hybridized carbons (Fsp3) is 0. The van der Waals surface area contributed by atoms with E-state index in [0.717, 1.165) is 27.7 Å². The lowest BCUT2D eigenvalue weighted by atomic mass is 10.1. The second-order valence-electron chi connectivity index (χ2n) is 4.07. The molecule has 2 heterocycles. The Kier molecular flexibility index (Phi) is 3.33. The van der Waals surface area contributed by atoms with Gasteiger partial charge in [0.2, 0.25) is 0 Å². The third kappa shape index (κ3) is 2.04. The number of carbonyl (C=O) groups excluding carboxylic acids is 1. The number of hydrogen-bond acceptors (Lipinski definition) is 4. The molecule has 0 unspecified atom stereocenters. The van der Waals surface area contributed by atoms with Crippen molar-refractivity contribution in [3.63, 3.8) is 0 Å². The standard InChI is InChI=1S/C14H7ClO3S2/c15-7-1-2-11-9(5-7)10(6-16)12(20-11)8-3-4-19-13(8)14(17)18/h1-6H,(H,17,18). The van der Waals surface area contributed by atoms with Crippen LogP contribution in [0.1, 0.15) is 20.0 Å². The van der Waals surface area contributed by atoms with E-state index in [1.54, 1.807) is 23.6 Å². The van der Waals surface area contributed by atoms with Crippen LogP contribution < -0.4 is 0 Å². The molecule has 0 amide bonds. The second-order valence-corrected chi connectivity index (χ2v) is 6.48. The molecule has 0 fully saturated rings. The predicted octanol–water partition coefficient (Wildman–Crippen LogP) is 4.79. The molecule has 1 aromatic carbocycles. The zero-order valence-corrected chi connectivity index (χ0v) is 12.3. The summed E-state index contributed by atoms with van der Waals surface area (Å²) in [6, 6.07) is 7.05. The molecule has 0 aliphatic rings. The Labute approximate surface area is 127 Å². The Morgan fingerprint density at radius 3 is 2.80 bits per heavy atom. The van der Waals surface area contributed by atoms with Gasteiger partial charge in [0.25, 0.3) is 0 Å². The Morgan fingerprint density at radius 1 is 1.30 bits per heavy atom. The number of halogens is 1. The van der Waals surface area contributed by atoms with Crippen LogP contribution in [0.2, 0.25) is 5.02 Å². The summed E-state index contributed by atoms with van der Waals surface area (Å²) in [6.45, 7) is 0. The van der Waals surface area contributed by atoms with Crippen molar-refractivity contribution >= 4 is 56.6 Å². The van der Waals surface area contributed by atoms with Gasteiger partial charge in [0, 0.05) is 31.1 Å². The summed E-state index contributed by atoms with van der Waals surface area (Å²) in [5.41, 5.74) is 1.08. The van der Waals surface area contributed by atoms with Gasteiger partial charge in [-0.2, -0.15) is 0 Å². The topological polar surface area (TPSA) is 54.4 Å². The molecule has 0 aliphatic heterocycles. The number of carboxylic acids is 1. The van der Waals surface area contributed by atoms with Gasteiger partial charge in [0.05, 0.1) is 0 Å². The van der Waals surface area contributed by atoms with E-state index >= 15 is 0 Å². The molecule has 0 bridgehead atoms. The molecule has 0 radical (unpaired) electrons. The van der Waals surface area contributed by atoms with Crippen LogP contribution in [0, 0.1) is 0 Å². The second kappa shape index (κ2) is 5.01. The number of carboxylic acid groups (broad SMARTS) is 1. The van der Waals surface area contributed by atoms with Gasteiger partial charge in [0.1, 0.15) is 4.88 Å². The van der Waals surface area contributed by atoms with E-state index in [0.29, 0.717) is 21.0 Å². The van der Waals surface area contributed by atoms with Crippen molar-refractivity contribution in [3.8, 4) is 10.4 Å². The maximum absolute atomic E-state index is 11.4. The third-order valence-corrected chi connectivity index (χ3v) is 5.27. The monoisotopic (exact) mass is 322 g/mol. The average Bonchev–Trinajstić information content (AvgIpc) is 3.01. The number of hydrogen-bond donors (Lipinski definition) is 1. The number of aldehydes is 1. The highest BCUT2D eigenvalue weighted by molar-refractivity contribution is 7.23. The number of thiophene rings is 2. The van der Waals surface area contributed by atoms with E-state index in [4.69, 9.17) is 11.6 Å². The average molecular weight is 323 g/mol. The van der Waals surface area contributed by atoms with Crippen LogP contribution in [-0.4, -0.2) is 17.4 Å². The van der Waals surface area contributed by atoms with Gasteiger partial charge in [-0.1, -0.05) is 11.6 Å². The molecule has 100 valence electrons. The quantitative estimate of drug-likeness (QED) is 0.705. The zero-order valence-electron chi connectivity index (χ0n) is 9.92. The Hall–Kier alpha value is -1.69. The molecule has 3 aromatic rings. The third-order valence-electron chi connectivity index (χ3n) is 2.91. The molecule has 0 saturated carbocycles. The molecule has 6 heteroatoms. The summed E-state index contributed by atoms with van der Waals surface area (Å²) in [5, 5.41) is 12.2. The minimum absolute atomic E-state index is 0.241. The summed E-state index contributed by atoms with van der Waals surface area (Å²) in [7, 11) is 0. The van der Waals surface area contributed by atoms with Crippen molar-refractivity contribution in [2.75, 3.05) is 0 Å². The van der Waals surface area contributed by atoms with Crippen molar-refractivity contribution in [2.24, 2.45) is 0 Å². The highest BCUT2D eigenvalue weighted by Gasteiger charge is 2.20. The summed E-state index contributed by atoms with van der Waals surface area (Å²) in [6.07, 6.45) is 0.758. The van der Waals surface area contributed by atoms with Crippen LogP contribution in [0.25, 0.3) is 20.5 Å². The minimum atomic E-state index is -0.984. The highest BCUT2D eigenvalue weighted by Crippen LogP contribution is 2.41. The highest BCUT2D eigenvalue weighted by atomic mass is 35.5. The van der Waals surface area contributed by atoms with Gasteiger partial charge >= 0.3 is 5.97 Å². The van der Waals surface area contributed by atoms with Crippen LogP contribution in [0.15, 0.2) is 29.6 Å². The van der Waals surface area contributed by atoms with E-state index in [1.807, 2.05) is 6.07 Å². The SMILES string of the molecule is O=Cc1c(-c2ccsc2C(=O)O)sc2ccc(Cl)cc12. The molecule has 0 atom stereocenters. The number of aromatic carboxylic acids is 1. The Balaban J connectivity index is 2.33. The largest absolute Gasteiger partial charge is 0.477 e. The van der Waals surface area contributed by atoms with Crippen LogP contribution in [-0.2, 0) is 0 Å². The number of benzene rings is 1. The molecule has 20 heavy (non-hydrogen) atoms. The van der Waals surface area contributed by atoms with Crippen LogP contribution in [0.3, 0.4) is 0 Å². The molecule has 3 nitrogen and oxygen atoms in total. The van der Waals surface area contributed by atoms with Crippen molar-refractivity contribution in [1.82, 2.24) is 0 Å². The first-order chi connectivity index (χ1) is 9.61. The Morgan fingerprint density at radius 2 is 2.10 bits per heavy atom. The van der Waals surface area contributed by atoms with Gasteiger partial charge < -0.3 is 5.11 Å². The lowest BCUT2D eigenvalue weighted by molar-refractivity contribution is 0.0702. The molecule has 0 aliphatic carbocycles. The normalized spacial score (nSPS) is 10.8. The van der Waals surface area contributed by atoms with E-state index in [1.165, 1.54) is 11.3 Å². The Bertz CT molecular complexity index is 832.